The predicted molar refractivity (Wildman–Crippen MR) is 425 cm³/mol. The Morgan fingerprint density at radius 1 is 0.462 bits per heavy atom. The number of fused-ring (bicyclic) bond motifs is 1. The normalized spacial score (nSPS) is 12.5. The average Bonchev–Trinajstić information content (AvgIpc) is 1.71. The zero-order chi connectivity index (χ0) is 66.1. The van der Waals surface area contributed by atoms with Gasteiger partial charge in [0.2, 0.25) is 0 Å². The van der Waals surface area contributed by atoms with Crippen molar-refractivity contribution in [2.75, 3.05) is 6.61 Å². The van der Waals surface area contributed by atoms with Gasteiger partial charge in [-0.1, -0.05) is 215 Å². The molecular formula is C82H104N2OS8. The molecule has 11 heteroatoms. The van der Waals surface area contributed by atoms with Gasteiger partial charge in [-0.25, -0.2) is 0 Å². The minimum Gasteiger partial charge on any atom is -0.492 e. The minimum absolute atomic E-state index is 0.0702. The molecule has 0 aliphatic rings. The molecule has 0 spiro atoms. The van der Waals surface area contributed by atoms with Crippen molar-refractivity contribution in [3.8, 4) is 75.4 Å². The molecular weight excluding hydrogens is 1290 g/mol. The van der Waals surface area contributed by atoms with Gasteiger partial charge in [-0.3, -0.25) is 0 Å². The Bertz CT molecular complexity index is 4000. The van der Waals surface area contributed by atoms with Crippen molar-refractivity contribution in [3.05, 3.63) is 147 Å². The van der Waals surface area contributed by atoms with Gasteiger partial charge in [0, 0.05) is 74.5 Å². The molecule has 0 aliphatic heterocycles. The zero-order valence-electron chi connectivity index (χ0n) is 58.5. The molecule has 496 valence electrons. The molecule has 0 bridgehead atoms. The van der Waals surface area contributed by atoms with E-state index in [9.17, 15) is 0 Å². The van der Waals surface area contributed by atoms with Gasteiger partial charge in [-0.15, -0.1) is 79.4 Å². The molecule has 8 heterocycles. The number of allylic oxidation sites excluding steroid dienone is 4. The Hall–Kier alpha value is -4.56. The van der Waals surface area contributed by atoms with Crippen molar-refractivity contribution in [3.63, 3.8) is 0 Å². The quantitative estimate of drug-likeness (QED) is 0.0311. The lowest BCUT2D eigenvalue weighted by molar-refractivity contribution is 0.307. The van der Waals surface area contributed by atoms with Crippen LogP contribution in [0.25, 0.3) is 91.8 Å². The molecule has 0 saturated heterocycles. The van der Waals surface area contributed by atoms with Crippen LogP contribution in [0.3, 0.4) is 0 Å². The Morgan fingerprint density at radius 2 is 1.01 bits per heavy atom. The number of thiophene rings is 7. The fourth-order valence-electron chi connectivity index (χ4n) is 11.9. The van der Waals surface area contributed by atoms with Gasteiger partial charge >= 0.3 is 0 Å². The number of hydrogen-bond acceptors (Lipinski definition) is 11. The number of unbranched alkanes of at least 4 members (excludes halogenated alkanes) is 15. The molecule has 10 rings (SSSR count). The molecule has 0 fully saturated rings. The molecule has 0 atom stereocenters. The van der Waals surface area contributed by atoms with Crippen molar-refractivity contribution in [2.45, 2.75) is 243 Å². The predicted octanol–water partition coefficient (Wildman–Crippen LogP) is 30.4. The van der Waals surface area contributed by atoms with Crippen LogP contribution < -0.4 is 4.74 Å². The molecule has 0 saturated carbocycles. The highest BCUT2D eigenvalue weighted by Crippen LogP contribution is 2.51. The smallest absolute Gasteiger partial charge is 0.139 e. The SMILES string of the molecule is CCCCCCC.CCCCCCCC(/C=C(\C)c1ccc(-c2cc(C)c(-c3ccc(-c4ccc(-c5sc(-c6cccc(C(C)(C)C)c6)cc5CCCCCCC)s4)s3)s2)c2nsnc12)=C(/C)c1ccc(-c2ccc(-c3sc(C(C)(C)C)cc3OCCCCCC)s2)s1. The summed E-state index contributed by atoms with van der Waals surface area (Å²) < 4.78 is 16.6. The van der Waals surface area contributed by atoms with Crippen LogP contribution in [0.4, 0.5) is 0 Å². The highest BCUT2D eigenvalue weighted by Gasteiger charge is 2.25. The van der Waals surface area contributed by atoms with Gasteiger partial charge in [-0.2, -0.15) is 8.75 Å². The second kappa shape index (κ2) is 35.1. The molecule has 0 N–H and O–H groups in total. The summed E-state index contributed by atoms with van der Waals surface area (Å²) in [5.74, 6) is 1.05. The van der Waals surface area contributed by atoms with E-state index < -0.39 is 0 Å². The molecule has 0 unspecified atom stereocenters. The first-order valence-electron chi connectivity index (χ1n) is 35.1. The number of aromatic nitrogens is 2. The summed E-state index contributed by atoms with van der Waals surface area (Å²) in [6.45, 7) is 32.9. The lowest BCUT2D eigenvalue weighted by atomic mass is 9.86. The van der Waals surface area contributed by atoms with E-state index >= 15 is 0 Å². The number of aryl methyl sites for hydroxylation is 2. The van der Waals surface area contributed by atoms with Crippen LogP contribution in [0.1, 0.15) is 250 Å². The first kappa shape index (κ1) is 72.7. The molecule has 0 aliphatic carbocycles. The molecule has 10 aromatic rings. The molecule has 3 nitrogen and oxygen atoms in total. The summed E-state index contributed by atoms with van der Waals surface area (Å²) in [7, 11) is 0. The van der Waals surface area contributed by atoms with Gasteiger partial charge in [0.25, 0.3) is 0 Å². The maximum absolute atomic E-state index is 6.53. The molecule has 0 amide bonds. The summed E-state index contributed by atoms with van der Waals surface area (Å²) in [5, 5.41) is 0. The van der Waals surface area contributed by atoms with E-state index in [4.69, 9.17) is 13.5 Å². The van der Waals surface area contributed by atoms with E-state index in [1.54, 1.807) is 0 Å². The third kappa shape index (κ3) is 19.4. The topological polar surface area (TPSA) is 35.0 Å². The van der Waals surface area contributed by atoms with Crippen LogP contribution in [0.15, 0.2) is 115 Å². The van der Waals surface area contributed by atoms with Gasteiger partial charge < -0.3 is 4.74 Å². The van der Waals surface area contributed by atoms with E-state index in [2.05, 4.69) is 206 Å². The maximum Gasteiger partial charge on any atom is 0.139 e. The van der Waals surface area contributed by atoms with Crippen molar-refractivity contribution in [2.24, 2.45) is 0 Å². The van der Waals surface area contributed by atoms with E-state index in [1.165, 1.54) is 240 Å². The fraction of sp³-hybridized carbons (Fsp3) is 0.463. The lowest BCUT2D eigenvalue weighted by Gasteiger charge is -2.19. The molecule has 8 aromatic heterocycles. The number of nitrogens with zero attached hydrogens (tertiary/aromatic N) is 2. The van der Waals surface area contributed by atoms with Gasteiger partial charge in [0.1, 0.15) is 16.8 Å². The summed E-state index contributed by atoms with van der Waals surface area (Å²) >= 11 is 14.8. The highest BCUT2D eigenvalue weighted by atomic mass is 32.1. The largest absolute Gasteiger partial charge is 0.492 e. The van der Waals surface area contributed by atoms with Crippen molar-refractivity contribution >= 4 is 113 Å². The average molecular weight is 1390 g/mol. The van der Waals surface area contributed by atoms with Crippen LogP contribution in [0, 0.1) is 6.92 Å². The number of ether oxygens (including phenoxy) is 1. The first-order chi connectivity index (χ1) is 44.9. The van der Waals surface area contributed by atoms with Crippen molar-refractivity contribution in [1.29, 1.82) is 0 Å². The van der Waals surface area contributed by atoms with Crippen molar-refractivity contribution in [1.82, 2.24) is 8.75 Å². The van der Waals surface area contributed by atoms with Crippen molar-refractivity contribution < 1.29 is 4.74 Å². The lowest BCUT2D eigenvalue weighted by Crippen LogP contribution is -2.10. The number of benzene rings is 2. The Kier molecular flexibility index (Phi) is 27.4. The fourth-order valence-corrected chi connectivity index (χ4v) is 20.7. The van der Waals surface area contributed by atoms with E-state index in [0.717, 1.165) is 48.2 Å². The monoisotopic (exact) mass is 1390 g/mol. The summed E-state index contributed by atoms with van der Waals surface area (Å²) in [4.78, 5) is 18.7. The van der Waals surface area contributed by atoms with Gasteiger partial charge in [0.05, 0.1) is 23.2 Å². The van der Waals surface area contributed by atoms with Crippen LogP contribution in [-0.2, 0) is 17.3 Å². The zero-order valence-corrected chi connectivity index (χ0v) is 65.0. The van der Waals surface area contributed by atoms with Crippen LogP contribution in [-0.4, -0.2) is 15.4 Å². The second-order valence-electron chi connectivity index (χ2n) is 27.5. The molecule has 0 radical (unpaired) electrons. The summed E-state index contributed by atoms with van der Waals surface area (Å²) in [6.07, 6.45) is 29.2. The highest BCUT2D eigenvalue weighted by molar-refractivity contribution is 7.29. The number of hydrogen-bond donors (Lipinski definition) is 0. The summed E-state index contributed by atoms with van der Waals surface area (Å²) in [6, 6.07) is 39.8. The van der Waals surface area contributed by atoms with Gasteiger partial charge in [0.15, 0.2) is 0 Å². The first-order valence-corrected chi connectivity index (χ1v) is 41.5. The molecule has 93 heavy (non-hydrogen) atoms. The van der Waals surface area contributed by atoms with Crippen LogP contribution in [0.5, 0.6) is 5.75 Å². The molecule has 2 aromatic carbocycles. The Labute approximate surface area is 592 Å². The third-order valence-corrected chi connectivity index (χ3v) is 27.6. The third-order valence-electron chi connectivity index (χ3n) is 17.7. The van der Waals surface area contributed by atoms with Crippen LogP contribution >= 0.6 is 91.1 Å². The Balaban J connectivity index is 0.00000138. The van der Waals surface area contributed by atoms with E-state index in [0.29, 0.717) is 0 Å². The Morgan fingerprint density at radius 3 is 1.65 bits per heavy atom. The minimum atomic E-state index is 0.0702. The van der Waals surface area contributed by atoms with E-state index in [1.807, 2.05) is 79.4 Å². The number of rotatable bonds is 32. The maximum atomic E-state index is 6.53. The van der Waals surface area contributed by atoms with E-state index in [-0.39, 0.29) is 10.8 Å². The second-order valence-corrected chi connectivity index (χ2v) is 35.5. The standard InChI is InChI=1S/C75H88N2OS8.C7H16/c1-13-16-19-22-24-28-51(50(6)58-34-35-59(79-58)60-38-41-65(82-60)73-57(78-42-26-21-18-15-3)47-68(85-73)75(10,11)12)43-48(4)55-32-33-56(70-69(55)76-86-77-70)67-44-49(5)71(84-67)63-39-36-61(80-63)62-37-40-64(81-62)72-53(29-25-23-20-17-14-2)46-66(83-72)52-30-27-31-54(45-52)74(7,8)9;1-3-5-7-6-4-2/h27,30-41,43-47H,13-26,28-29,42H2,1-12H3;3-7H2,1-2H3/b48-43+,51-50+;. The van der Waals surface area contributed by atoms with Crippen LogP contribution in [0.2, 0.25) is 0 Å². The summed E-state index contributed by atoms with van der Waals surface area (Å²) in [5.41, 5.74) is 14.0. The van der Waals surface area contributed by atoms with Gasteiger partial charge in [-0.05, 0) is 175 Å².